The molecule has 1 aromatic carbocycles. The van der Waals surface area contributed by atoms with Gasteiger partial charge in [-0.2, -0.15) is 13.2 Å². The van der Waals surface area contributed by atoms with Crippen molar-refractivity contribution in [2.75, 3.05) is 0 Å². The number of ether oxygens (including phenoxy) is 2. The third-order valence-electron chi connectivity index (χ3n) is 3.61. The van der Waals surface area contributed by atoms with E-state index in [9.17, 15) is 32.3 Å². The molecule has 1 fully saturated rings. The number of halogens is 4. The quantitative estimate of drug-likeness (QED) is 0.624. The number of aliphatic hydroxyl groups is 1. The van der Waals surface area contributed by atoms with Gasteiger partial charge < -0.3 is 19.9 Å². The molecule has 1 heterocycles. The minimum atomic E-state index is -5.21. The van der Waals surface area contributed by atoms with Gasteiger partial charge in [0.15, 0.2) is 18.6 Å². The molecule has 10 heteroatoms. The molecule has 2 N–H and O–H groups in total. The normalized spacial score (nSPS) is 29.8. The van der Waals surface area contributed by atoms with Crippen molar-refractivity contribution >= 4 is 11.9 Å². The van der Waals surface area contributed by atoms with Crippen LogP contribution in [-0.2, 0) is 14.3 Å². The Hall–Kier alpha value is -2.20. The van der Waals surface area contributed by atoms with Gasteiger partial charge in [-0.15, -0.1) is 0 Å². The number of alkyl halides is 4. The van der Waals surface area contributed by atoms with Crippen LogP contribution in [0.3, 0.4) is 0 Å². The molecule has 6 nitrogen and oxygen atoms in total. The number of aliphatic hydroxyl groups excluding tert-OH is 1. The molecule has 0 aromatic heterocycles. The second-order valence-corrected chi connectivity index (χ2v) is 5.41. The Morgan fingerprint density at radius 3 is 2.40 bits per heavy atom. The molecule has 1 aliphatic heterocycles. The maximum Gasteiger partial charge on any atom is 0.471 e. The highest BCUT2D eigenvalue weighted by Gasteiger charge is 2.50. The van der Waals surface area contributed by atoms with E-state index in [0.29, 0.717) is 0 Å². The number of rotatable bonds is 3. The van der Waals surface area contributed by atoms with Gasteiger partial charge in [0.2, 0.25) is 0 Å². The van der Waals surface area contributed by atoms with E-state index in [1.165, 1.54) is 31.2 Å². The number of nitrogens with one attached hydrogen (secondary N) is 1. The summed E-state index contributed by atoms with van der Waals surface area (Å²) in [7, 11) is 0. The smallest absolute Gasteiger partial charge is 0.453 e. The van der Waals surface area contributed by atoms with Gasteiger partial charge in [0.05, 0.1) is 17.7 Å². The zero-order valence-corrected chi connectivity index (χ0v) is 12.9. The van der Waals surface area contributed by atoms with Gasteiger partial charge >= 0.3 is 18.1 Å². The first-order valence-corrected chi connectivity index (χ1v) is 7.22. The molecule has 0 radical (unpaired) electrons. The van der Waals surface area contributed by atoms with E-state index in [2.05, 4.69) is 0 Å². The molecule has 0 bridgehead atoms. The molecule has 0 spiro atoms. The maximum atomic E-state index is 14.2. The van der Waals surface area contributed by atoms with Gasteiger partial charge in [0, 0.05) is 0 Å². The Morgan fingerprint density at radius 1 is 1.24 bits per heavy atom. The van der Waals surface area contributed by atoms with Crippen LogP contribution in [0, 0.1) is 0 Å². The van der Waals surface area contributed by atoms with Gasteiger partial charge in [-0.25, -0.2) is 9.18 Å². The predicted molar refractivity (Wildman–Crippen MR) is 75.1 cm³/mol. The van der Waals surface area contributed by atoms with E-state index in [1.54, 1.807) is 11.4 Å². The first-order chi connectivity index (χ1) is 11.6. The highest BCUT2D eigenvalue weighted by molar-refractivity contribution is 5.89. The summed E-state index contributed by atoms with van der Waals surface area (Å²) in [5.74, 6) is -3.35. The number of amides is 1. The first kappa shape index (κ1) is 19.1. The summed E-state index contributed by atoms with van der Waals surface area (Å²) >= 11 is 0. The lowest BCUT2D eigenvalue weighted by Gasteiger charge is -2.40. The lowest BCUT2D eigenvalue weighted by atomic mass is 9.97. The molecule has 1 aliphatic rings. The number of hydrogen-bond acceptors (Lipinski definition) is 5. The standard InChI is InChI=1S/C15H15F4NO5/c1-7-10(20-14(23)15(17,18)19)11(9(16)13(22)24-7)25-12(21)8-5-3-2-4-6-8/h2-7,9-11,13,22H,1H3,(H,20,23)/t7-,9-,10-,11-,13+/m1/s1. The first-order valence-electron chi connectivity index (χ1n) is 7.22. The summed E-state index contributed by atoms with van der Waals surface area (Å²) in [6.45, 7) is 1.21. The number of hydrogen-bond donors (Lipinski definition) is 2. The number of carbonyl (C=O) groups excluding carboxylic acids is 2. The lowest BCUT2D eigenvalue weighted by molar-refractivity contribution is -0.236. The van der Waals surface area contributed by atoms with Crippen molar-refractivity contribution in [2.24, 2.45) is 0 Å². The average molecular weight is 365 g/mol. The topological polar surface area (TPSA) is 84.9 Å². The molecule has 25 heavy (non-hydrogen) atoms. The molecule has 0 saturated carbocycles. The summed E-state index contributed by atoms with van der Waals surface area (Å²) in [6, 6.07) is 5.71. The van der Waals surface area contributed by atoms with E-state index in [0.717, 1.165) is 0 Å². The van der Waals surface area contributed by atoms with Crippen LogP contribution in [-0.4, -0.2) is 53.9 Å². The van der Waals surface area contributed by atoms with Crippen molar-refractivity contribution in [3.8, 4) is 0 Å². The molecule has 2 rings (SSSR count). The fourth-order valence-corrected chi connectivity index (χ4v) is 2.34. The van der Waals surface area contributed by atoms with E-state index in [4.69, 9.17) is 9.47 Å². The lowest BCUT2D eigenvalue weighted by Crippen LogP contribution is -2.64. The predicted octanol–water partition coefficient (Wildman–Crippen LogP) is 1.33. The van der Waals surface area contributed by atoms with Crippen molar-refractivity contribution in [3.63, 3.8) is 0 Å². The van der Waals surface area contributed by atoms with Gasteiger partial charge in [-0.1, -0.05) is 18.2 Å². The van der Waals surface area contributed by atoms with Gasteiger partial charge in [-0.05, 0) is 19.1 Å². The van der Waals surface area contributed by atoms with Crippen LogP contribution in [0.2, 0.25) is 0 Å². The minimum Gasteiger partial charge on any atom is -0.453 e. The van der Waals surface area contributed by atoms with Crippen LogP contribution < -0.4 is 5.32 Å². The maximum absolute atomic E-state index is 14.2. The van der Waals surface area contributed by atoms with Crippen molar-refractivity contribution < 1.29 is 41.7 Å². The SMILES string of the molecule is C[C@H]1O[C@H](O)[C@H](F)[C@@H](OC(=O)c2ccccc2)[C@@H]1NC(=O)C(F)(F)F. The molecule has 0 unspecified atom stereocenters. The van der Waals surface area contributed by atoms with E-state index < -0.39 is 48.8 Å². The zero-order valence-electron chi connectivity index (χ0n) is 12.9. The highest BCUT2D eigenvalue weighted by Crippen LogP contribution is 2.27. The van der Waals surface area contributed by atoms with Crippen molar-refractivity contribution in [1.29, 1.82) is 0 Å². The minimum absolute atomic E-state index is 0.0317. The Labute approximate surface area is 139 Å². The summed E-state index contributed by atoms with van der Waals surface area (Å²) in [4.78, 5) is 23.2. The Balaban J connectivity index is 2.21. The monoisotopic (exact) mass is 365 g/mol. The van der Waals surface area contributed by atoms with Crippen LogP contribution in [0.15, 0.2) is 30.3 Å². The molecular formula is C15H15F4NO5. The molecule has 1 aromatic rings. The average Bonchev–Trinajstić information content (AvgIpc) is 2.55. The van der Waals surface area contributed by atoms with Gasteiger partial charge in [-0.3, -0.25) is 4.79 Å². The highest BCUT2D eigenvalue weighted by atomic mass is 19.4. The summed E-state index contributed by atoms with van der Waals surface area (Å²) in [5, 5.41) is 11.0. The molecule has 0 aliphatic carbocycles. The number of carbonyl (C=O) groups is 2. The fourth-order valence-electron chi connectivity index (χ4n) is 2.34. The molecule has 138 valence electrons. The van der Waals surface area contributed by atoms with Crippen LogP contribution in [0.5, 0.6) is 0 Å². The van der Waals surface area contributed by atoms with Crippen molar-refractivity contribution in [1.82, 2.24) is 5.32 Å². The molecule has 5 atom stereocenters. The third-order valence-corrected chi connectivity index (χ3v) is 3.61. The van der Waals surface area contributed by atoms with Crippen LogP contribution in [0.25, 0.3) is 0 Å². The largest absolute Gasteiger partial charge is 0.471 e. The van der Waals surface area contributed by atoms with E-state index in [1.807, 2.05) is 0 Å². The zero-order chi connectivity index (χ0) is 18.8. The fraction of sp³-hybridized carbons (Fsp3) is 0.467. The van der Waals surface area contributed by atoms with Crippen LogP contribution in [0.4, 0.5) is 17.6 Å². The summed E-state index contributed by atoms with van der Waals surface area (Å²) in [5.41, 5.74) is 0.0317. The van der Waals surface area contributed by atoms with E-state index >= 15 is 0 Å². The van der Waals surface area contributed by atoms with Crippen LogP contribution in [0.1, 0.15) is 17.3 Å². The van der Waals surface area contributed by atoms with Crippen molar-refractivity contribution in [3.05, 3.63) is 35.9 Å². The number of esters is 1. The second kappa shape index (κ2) is 7.36. The Morgan fingerprint density at radius 2 is 1.84 bits per heavy atom. The molecule has 1 amide bonds. The molecule has 1 saturated heterocycles. The third kappa shape index (κ3) is 4.45. The van der Waals surface area contributed by atoms with Crippen molar-refractivity contribution in [2.45, 2.75) is 43.8 Å². The van der Waals surface area contributed by atoms with Crippen LogP contribution >= 0.6 is 0 Å². The van der Waals surface area contributed by atoms with E-state index in [-0.39, 0.29) is 5.56 Å². The summed E-state index contributed by atoms with van der Waals surface area (Å²) < 4.78 is 61.2. The van der Waals surface area contributed by atoms with Gasteiger partial charge in [0.25, 0.3) is 0 Å². The molecular weight excluding hydrogens is 350 g/mol. The number of benzene rings is 1. The summed E-state index contributed by atoms with van der Waals surface area (Å²) in [6.07, 6.45) is -12.7. The van der Waals surface area contributed by atoms with Gasteiger partial charge in [0.1, 0.15) is 0 Å². The Bertz CT molecular complexity index is 624. The Kier molecular flexibility index (Phi) is 5.63. The second-order valence-electron chi connectivity index (χ2n) is 5.41.